The maximum absolute atomic E-state index is 9.21. The van der Waals surface area contributed by atoms with E-state index in [1.165, 1.54) is 0 Å². The normalized spacial score (nSPS) is 10.4. The Balaban J connectivity index is 1.80. The van der Waals surface area contributed by atoms with Gasteiger partial charge in [0.25, 0.3) is 11.8 Å². The highest BCUT2D eigenvalue weighted by Crippen LogP contribution is 2.22. The van der Waals surface area contributed by atoms with Gasteiger partial charge in [-0.1, -0.05) is 11.6 Å². The van der Waals surface area contributed by atoms with Crippen LogP contribution in [0.2, 0.25) is 5.02 Å². The maximum Gasteiger partial charge on any atom is 0.268 e. The summed E-state index contributed by atoms with van der Waals surface area (Å²) in [5, 5.41) is 16.7. The van der Waals surface area contributed by atoms with Gasteiger partial charge in [-0.3, -0.25) is 0 Å². The quantitative estimate of drug-likeness (QED) is 0.716. The summed E-state index contributed by atoms with van der Waals surface area (Å²) in [7, 11) is 0. The van der Waals surface area contributed by atoms with Crippen molar-refractivity contribution in [2.75, 3.05) is 5.32 Å². The number of hydrogen-bond donors (Lipinski definition) is 2. The number of aromatic nitrogens is 2. The molecule has 2 N–H and O–H groups in total. The van der Waals surface area contributed by atoms with Crippen LogP contribution in [0.4, 0.5) is 11.6 Å². The predicted octanol–water partition coefficient (Wildman–Crippen LogP) is 3.84. The SMILES string of the molecule is Oc1ccc(Nc2noc(-c3ccc(Cl)cc3)n2)cc1. The molecule has 0 amide bonds. The third kappa shape index (κ3) is 2.73. The Hall–Kier alpha value is -2.53. The molecule has 0 aliphatic rings. The van der Waals surface area contributed by atoms with E-state index in [0.717, 1.165) is 11.3 Å². The first kappa shape index (κ1) is 12.5. The summed E-state index contributed by atoms with van der Waals surface area (Å²) in [5.41, 5.74) is 1.55. The van der Waals surface area contributed by atoms with Gasteiger partial charge in [0.2, 0.25) is 0 Å². The van der Waals surface area contributed by atoms with E-state index in [-0.39, 0.29) is 5.75 Å². The van der Waals surface area contributed by atoms with Gasteiger partial charge in [-0.15, -0.1) is 0 Å². The molecule has 0 aliphatic heterocycles. The molecule has 3 rings (SSSR count). The molecule has 1 aromatic heterocycles. The average molecular weight is 288 g/mol. The summed E-state index contributed by atoms with van der Waals surface area (Å²) in [6.07, 6.45) is 0. The van der Waals surface area contributed by atoms with Crippen LogP contribution >= 0.6 is 11.6 Å². The lowest BCUT2D eigenvalue weighted by Crippen LogP contribution is -1.91. The molecule has 0 fully saturated rings. The smallest absolute Gasteiger partial charge is 0.268 e. The Labute approximate surface area is 119 Å². The highest BCUT2D eigenvalue weighted by atomic mass is 35.5. The van der Waals surface area contributed by atoms with Crippen molar-refractivity contribution in [1.82, 2.24) is 10.1 Å². The van der Waals surface area contributed by atoms with Crippen molar-refractivity contribution in [2.24, 2.45) is 0 Å². The fourth-order valence-corrected chi connectivity index (χ4v) is 1.78. The zero-order valence-electron chi connectivity index (χ0n) is 10.2. The van der Waals surface area contributed by atoms with Crippen molar-refractivity contribution in [3.05, 3.63) is 53.6 Å². The van der Waals surface area contributed by atoms with Crippen molar-refractivity contribution in [3.63, 3.8) is 0 Å². The average Bonchev–Trinajstić information content (AvgIpc) is 2.91. The summed E-state index contributed by atoms with van der Waals surface area (Å²) >= 11 is 5.83. The van der Waals surface area contributed by atoms with Gasteiger partial charge in [0.15, 0.2) is 0 Å². The number of nitrogens with zero attached hydrogens (tertiary/aromatic N) is 2. The second-order valence-corrected chi connectivity index (χ2v) is 4.54. The van der Waals surface area contributed by atoms with E-state index in [1.54, 1.807) is 48.5 Å². The molecule has 6 heteroatoms. The minimum Gasteiger partial charge on any atom is -0.508 e. The first-order chi connectivity index (χ1) is 9.70. The first-order valence-corrected chi connectivity index (χ1v) is 6.24. The second kappa shape index (κ2) is 5.22. The van der Waals surface area contributed by atoms with Gasteiger partial charge < -0.3 is 14.9 Å². The Bertz CT molecular complexity index is 708. The van der Waals surface area contributed by atoms with Crippen LogP contribution in [0.5, 0.6) is 5.75 Å². The molecule has 0 saturated carbocycles. The van der Waals surface area contributed by atoms with E-state index in [4.69, 9.17) is 16.1 Å². The first-order valence-electron chi connectivity index (χ1n) is 5.86. The van der Waals surface area contributed by atoms with Crippen molar-refractivity contribution in [2.45, 2.75) is 0 Å². The molecular formula is C14H10ClN3O2. The predicted molar refractivity (Wildman–Crippen MR) is 76.1 cm³/mol. The highest BCUT2D eigenvalue weighted by molar-refractivity contribution is 6.30. The van der Waals surface area contributed by atoms with E-state index < -0.39 is 0 Å². The number of halogens is 1. The molecule has 2 aromatic carbocycles. The second-order valence-electron chi connectivity index (χ2n) is 4.10. The lowest BCUT2D eigenvalue weighted by atomic mass is 10.2. The molecule has 0 atom stereocenters. The standard InChI is InChI=1S/C14H10ClN3O2/c15-10-3-1-9(2-4-10)13-17-14(18-20-13)16-11-5-7-12(19)8-6-11/h1-8,19H,(H,16,18). The zero-order chi connectivity index (χ0) is 13.9. The topological polar surface area (TPSA) is 71.2 Å². The largest absolute Gasteiger partial charge is 0.508 e. The number of aromatic hydroxyl groups is 1. The molecule has 0 aliphatic carbocycles. The van der Waals surface area contributed by atoms with Crippen LogP contribution in [0.3, 0.4) is 0 Å². The molecule has 3 aromatic rings. The van der Waals surface area contributed by atoms with Gasteiger partial charge in [0.1, 0.15) is 5.75 Å². The van der Waals surface area contributed by atoms with Crippen LogP contribution in [0.1, 0.15) is 0 Å². The molecular weight excluding hydrogens is 278 g/mol. The molecule has 5 nitrogen and oxygen atoms in total. The van der Waals surface area contributed by atoms with Crippen LogP contribution < -0.4 is 5.32 Å². The number of nitrogens with one attached hydrogen (secondary N) is 1. The summed E-state index contributed by atoms with van der Waals surface area (Å²) in [6.45, 7) is 0. The van der Waals surface area contributed by atoms with Gasteiger partial charge in [-0.05, 0) is 53.7 Å². The van der Waals surface area contributed by atoms with Gasteiger partial charge in [0, 0.05) is 16.3 Å². The molecule has 0 radical (unpaired) electrons. The Kier molecular flexibility index (Phi) is 3.26. The molecule has 0 bridgehead atoms. The van der Waals surface area contributed by atoms with Crippen LogP contribution in [0.25, 0.3) is 11.5 Å². The van der Waals surface area contributed by atoms with E-state index in [0.29, 0.717) is 16.9 Å². The Morgan fingerprint density at radius 2 is 1.70 bits per heavy atom. The van der Waals surface area contributed by atoms with Crippen molar-refractivity contribution in [3.8, 4) is 17.2 Å². The number of benzene rings is 2. The fraction of sp³-hybridized carbons (Fsp3) is 0. The van der Waals surface area contributed by atoms with E-state index >= 15 is 0 Å². The van der Waals surface area contributed by atoms with E-state index in [1.807, 2.05) is 0 Å². The molecule has 20 heavy (non-hydrogen) atoms. The van der Waals surface area contributed by atoms with E-state index in [9.17, 15) is 5.11 Å². The van der Waals surface area contributed by atoms with Crippen LogP contribution in [-0.2, 0) is 0 Å². The van der Waals surface area contributed by atoms with Crippen molar-refractivity contribution in [1.29, 1.82) is 0 Å². The van der Waals surface area contributed by atoms with Gasteiger partial charge in [-0.25, -0.2) is 0 Å². The van der Waals surface area contributed by atoms with Gasteiger partial charge in [0.05, 0.1) is 0 Å². The Morgan fingerprint density at radius 3 is 2.40 bits per heavy atom. The van der Waals surface area contributed by atoms with Crippen molar-refractivity contribution >= 4 is 23.2 Å². The van der Waals surface area contributed by atoms with Crippen LogP contribution in [-0.4, -0.2) is 15.2 Å². The number of phenols is 1. The highest BCUT2D eigenvalue weighted by Gasteiger charge is 2.08. The van der Waals surface area contributed by atoms with Gasteiger partial charge >= 0.3 is 0 Å². The molecule has 0 unspecified atom stereocenters. The zero-order valence-corrected chi connectivity index (χ0v) is 11.0. The van der Waals surface area contributed by atoms with E-state index in [2.05, 4.69) is 15.5 Å². The minimum absolute atomic E-state index is 0.200. The molecule has 0 saturated heterocycles. The third-order valence-corrected chi connectivity index (χ3v) is 2.89. The maximum atomic E-state index is 9.21. The molecule has 1 heterocycles. The minimum atomic E-state index is 0.200. The number of rotatable bonds is 3. The van der Waals surface area contributed by atoms with Crippen LogP contribution in [0.15, 0.2) is 53.1 Å². The lowest BCUT2D eigenvalue weighted by molar-refractivity contribution is 0.433. The Morgan fingerprint density at radius 1 is 1.00 bits per heavy atom. The molecule has 0 spiro atoms. The van der Waals surface area contributed by atoms with Crippen LogP contribution in [0, 0.1) is 0 Å². The molecule has 100 valence electrons. The van der Waals surface area contributed by atoms with Crippen molar-refractivity contribution < 1.29 is 9.63 Å². The lowest BCUT2D eigenvalue weighted by Gasteiger charge is -2.00. The van der Waals surface area contributed by atoms with Gasteiger partial charge in [-0.2, -0.15) is 4.98 Å². The monoisotopic (exact) mass is 287 g/mol. The summed E-state index contributed by atoms with van der Waals surface area (Å²) in [6, 6.07) is 13.7. The fourth-order valence-electron chi connectivity index (χ4n) is 1.66. The third-order valence-electron chi connectivity index (χ3n) is 2.64. The summed E-state index contributed by atoms with van der Waals surface area (Å²) < 4.78 is 5.17. The number of phenolic OH excluding ortho intramolecular Hbond substituents is 1. The summed E-state index contributed by atoms with van der Waals surface area (Å²) in [4.78, 5) is 4.23. The number of hydrogen-bond acceptors (Lipinski definition) is 5. The number of anilines is 2. The summed E-state index contributed by atoms with van der Waals surface area (Å²) in [5.74, 6) is 0.953.